The van der Waals surface area contributed by atoms with Crippen LogP contribution in [0, 0.1) is 20.8 Å². The van der Waals surface area contributed by atoms with Crippen LogP contribution in [0.1, 0.15) is 35.1 Å². The standard InChI is InChI=1S/C22H26N2O2S/c1-15-11-16(2)21(17(3)12-15)27(25,26)23-14-22(9-10-22)19-13-24(4)20-8-6-5-7-18(19)20/h5-8,11-13,23H,9-10,14H2,1-4H3. The summed E-state index contributed by atoms with van der Waals surface area (Å²) in [7, 11) is -1.50. The van der Waals surface area contributed by atoms with Crippen molar-refractivity contribution in [1.29, 1.82) is 0 Å². The van der Waals surface area contributed by atoms with Gasteiger partial charge in [-0.3, -0.25) is 0 Å². The van der Waals surface area contributed by atoms with Crippen LogP contribution < -0.4 is 4.72 Å². The zero-order valence-corrected chi connectivity index (χ0v) is 17.2. The van der Waals surface area contributed by atoms with Crippen LogP contribution in [-0.2, 0) is 22.5 Å². The largest absolute Gasteiger partial charge is 0.350 e. The molecule has 3 aromatic rings. The lowest BCUT2D eigenvalue weighted by atomic mass is 9.96. The number of sulfonamides is 1. The van der Waals surface area contributed by atoms with Gasteiger partial charge in [0.25, 0.3) is 0 Å². The van der Waals surface area contributed by atoms with Crippen molar-refractivity contribution in [3.63, 3.8) is 0 Å². The van der Waals surface area contributed by atoms with Gasteiger partial charge in [-0.2, -0.15) is 0 Å². The van der Waals surface area contributed by atoms with Gasteiger partial charge in [0.05, 0.1) is 4.90 Å². The molecule has 0 atom stereocenters. The van der Waals surface area contributed by atoms with E-state index in [1.54, 1.807) is 0 Å². The van der Waals surface area contributed by atoms with E-state index >= 15 is 0 Å². The van der Waals surface area contributed by atoms with Crippen LogP contribution in [0.25, 0.3) is 10.9 Å². The molecule has 0 bridgehead atoms. The molecule has 27 heavy (non-hydrogen) atoms. The minimum Gasteiger partial charge on any atom is -0.350 e. The number of hydrogen-bond acceptors (Lipinski definition) is 2. The van der Waals surface area contributed by atoms with Crippen molar-refractivity contribution < 1.29 is 8.42 Å². The summed E-state index contributed by atoms with van der Waals surface area (Å²) in [5.41, 5.74) is 5.02. The highest BCUT2D eigenvalue weighted by molar-refractivity contribution is 7.89. The average molecular weight is 383 g/mol. The van der Waals surface area contributed by atoms with E-state index in [2.05, 4.69) is 27.6 Å². The minimum absolute atomic E-state index is 0.0968. The van der Waals surface area contributed by atoms with E-state index in [1.807, 2.05) is 52.1 Å². The number of fused-ring (bicyclic) bond motifs is 1. The Morgan fingerprint density at radius 3 is 2.33 bits per heavy atom. The number of nitrogens with zero attached hydrogens (tertiary/aromatic N) is 1. The van der Waals surface area contributed by atoms with Crippen LogP contribution in [0.3, 0.4) is 0 Å². The van der Waals surface area contributed by atoms with Crippen LogP contribution in [0.15, 0.2) is 47.5 Å². The molecule has 0 spiro atoms. The van der Waals surface area contributed by atoms with Crippen molar-refractivity contribution in [2.24, 2.45) is 7.05 Å². The summed E-state index contributed by atoms with van der Waals surface area (Å²) < 4.78 is 31.1. The Labute approximate surface area is 161 Å². The molecule has 142 valence electrons. The van der Waals surface area contributed by atoms with Gasteiger partial charge in [0, 0.05) is 36.1 Å². The summed E-state index contributed by atoms with van der Waals surface area (Å²) in [5.74, 6) is 0. The molecule has 0 saturated heterocycles. The van der Waals surface area contributed by atoms with Gasteiger partial charge < -0.3 is 4.57 Å². The molecule has 0 aliphatic heterocycles. The minimum atomic E-state index is -3.54. The van der Waals surface area contributed by atoms with Crippen molar-refractivity contribution in [3.8, 4) is 0 Å². The lowest BCUT2D eigenvalue weighted by Crippen LogP contribution is -2.33. The highest BCUT2D eigenvalue weighted by Crippen LogP contribution is 2.50. The Kier molecular flexibility index (Phi) is 4.20. The Morgan fingerprint density at radius 1 is 1.07 bits per heavy atom. The third-order valence-corrected chi connectivity index (χ3v) is 7.50. The molecule has 1 fully saturated rings. The third-order valence-electron chi connectivity index (χ3n) is 5.80. The normalized spacial score (nSPS) is 16.0. The first-order valence-corrected chi connectivity index (χ1v) is 10.8. The smallest absolute Gasteiger partial charge is 0.241 e. The van der Waals surface area contributed by atoms with Gasteiger partial charge in [-0.1, -0.05) is 35.9 Å². The van der Waals surface area contributed by atoms with Crippen LogP contribution in [0.2, 0.25) is 0 Å². The van der Waals surface area contributed by atoms with E-state index in [1.165, 1.54) is 16.5 Å². The maximum atomic E-state index is 13.0. The molecule has 5 heteroatoms. The number of benzene rings is 2. The summed E-state index contributed by atoms with van der Waals surface area (Å²) in [6.45, 7) is 6.16. The number of para-hydroxylation sites is 1. The second-order valence-electron chi connectivity index (χ2n) is 8.00. The van der Waals surface area contributed by atoms with Crippen LogP contribution >= 0.6 is 0 Å². The van der Waals surface area contributed by atoms with E-state index in [0.29, 0.717) is 11.4 Å². The van der Waals surface area contributed by atoms with Gasteiger partial charge in [0.1, 0.15) is 0 Å². The lowest BCUT2D eigenvalue weighted by molar-refractivity contribution is 0.566. The molecule has 0 unspecified atom stereocenters. The maximum Gasteiger partial charge on any atom is 0.241 e. The predicted octanol–water partition coefficient (Wildman–Crippen LogP) is 4.11. The van der Waals surface area contributed by atoms with Crippen LogP contribution in [0.5, 0.6) is 0 Å². The van der Waals surface area contributed by atoms with Gasteiger partial charge in [-0.05, 0) is 56.4 Å². The molecule has 1 aliphatic rings. The summed E-state index contributed by atoms with van der Waals surface area (Å²) in [6.07, 6.45) is 4.18. The van der Waals surface area contributed by atoms with Crippen molar-refractivity contribution in [3.05, 3.63) is 64.8 Å². The summed E-state index contributed by atoms with van der Waals surface area (Å²) in [4.78, 5) is 0.418. The SMILES string of the molecule is Cc1cc(C)c(S(=O)(=O)NCC2(c3cn(C)c4ccccc34)CC2)c(C)c1. The molecular weight excluding hydrogens is 356 g/mol. The molecule has 1 saturated carbocycles. The topological polar surface area (TPSA) is 51.1 Å². The van der Waals surface area contributed by atoms with E-state index in [9.17, 15) is 8.42 Å². The second kappa shape index (κ2) is 6.21. The van der Waals surface area contributed by atoms with Crippen LogP contribution in [-0.4, -0.2) is 19.5 Å². The monoisotopic (exact) mass is 382 g/mol. The van der Waals surface area contributed by atoms with Crippen molar-refractivity contribution in [1.82, 2.24) is 9.29 Å². The summed E-state index contributed by atoms with van der Waals surface area (Å²) >= 11 is 0. The Balaban J connectivity index is 1.65. The molecule has 4 nitrogen and oxygen atoms in total. The molecule has 0 amide bonds. The van der Waals surface area contributed by atoms with Crippen molar-refractivity contribution in [2.75, 3.05) is 6.54 Å². The zero-order valence-electron chi connectivity index (χ0n) is 16.3. The number of rotatable bonds is 5. The zero-order chi connectivity index (χ0) is 19.4. The average Bonchev–Trinajstić information content (AvgIpc) is 3.30. The first-order valence-electron chi connectivity index (χ1n) is 9.36. The highest BCUT2D eigenvalue weighted by Gasteiger charge is 2.46. The van der Waals surface area contributed by atoms with Crippen molar-refractivity contribution in [2.45, 2.75) is 43.9 Å². The predicted molar refractivity (Wildman–Crippen MR) is 110 cm³/mol. The molecule has 1 aromatic heterocycles. The molecule has 4 rings (SSSR count). The maximum absolute atomic E-state index is 13.0. The number of aryl methyl sites for hydroxylation is 4. The quantitative estimate of drug-likeness (QED) is 0.722. The van der Waals surface area contributed by atoms with Gasteiger partial charge >= 0.3 is 0 Å². The fourth-order valence-electron chi connectivity index (χ4n) is 4.35. The molecule has 1 N–H and O–H groups in total. The van der Waals surface area contributed by atoms with Crippen LogP contribution in [0.4, 0.5) is 0 Å². The van der Waals surface area contributed by atoms with E-state index < -0.39 is 10.0 Å². The van der Waals surface area contributed by atoms with Crippen molar-refractivity contribution >= 4 is 20.9 Å². The van der Waals surface area contributed by atoms with Gasteiger partial charge in [0.15, 0.2) is 0 Å². The summed E-state index contributed by atoms with van der Waals surface area (Å²) in [6, 6.07) is 12.2. The molecular formula is C22H26N2O2S. The second-order valence-corrected chi connectivity index (χ2v) is 9.71. The fraction of sp³-hybridized carbons (Fsp3) is 0.364. The number of nitrogens with one attached hydrogen (secondary N) is 1. The van der Waals surface area contributed by atoms with Gasteiger partial charge in [-0.15, -0.1) is 0 Å². The summed E-state index contributed by atoms with van der Waals surface area (Å²) in [5, 5.41) is 1.22. The van der Waals surface area contributed by atoms with Gasteiger partial charge in [-0.25, -0.2) is 13.1 Å². The Hall–Kier alpha value is -2.11. The first kappa shape index (κ1) is 18.3. The lowest BCUT2D eigenvalue weighted by Gasteiger charge is -2.18. The molecule has 1 aliphatic carbocycles. The molecule has 1 heterocycles. The van der Waals surface area contributed by atoms with Gasteiger partial charge in [0.2, 0.25) is 10.0 Å². The number of hydrogen-bond donors (Lipinski definition) is 1. The first-order chi connectivity index (χ1) is 12.7. The van der Waals surface area contributed by atoms with E-state index in [0.717, 1.165) is 29.5 Å². The third kappa shape index (κ3) is 3.09. The van der Waals surface area contributed by atoms with E-state index in [4.69, 9.17) is 0 Å². The Bertz CT molecular complexity index is 1120. The Morgan fingerprint density at radius 2 is 1.70 bits per heavy atom. The number of aromatic nitrogens is 1. The van der Waals surface area contributed by atoms with E-state index in [-0.39, 0.29) is 5.41 Å². The highest BCUT2D eigenvalue weighted by atomic mass is 32.2. The molecule has 2 aromatic carbocycles. The molecule has 0 radical (unpaired) electrons. The fourth-order valence-corrected chi connectivity index (χ4v) is 5.93.